The van der Waals surface area contributed by atoms with Gasteiger partial charge >= 0.3 is 0 Å². The molecule has 4 heteroatoms. The van der Waals surface area contributed by atoms with Crippen molar-refractivity contribution in [2.45, 2.75) is 12.0 Å². The highest BCUT2D eigenvalue weighted by atomic mass is 16.3. The number of nitrogens with zero attached hydrogens (tertiary/aromatic N) is 1. The fourth-order valence-corrected chi connectivity index (χ4v) is 9.52. The molecule has 0 bridgehead atoms. The van der Waals surface area contributed by atoms with E-state index in [1.165, 1.54) is 54.7 Å². The Labute approximate surface area is 359 Å². The zero-order valence-electron chi connectivity index (χ0n) is 33.8. The molecule has 0 fully saturated rings. The largest absolute Gasteiger partial charge is 0.504 e. The highest BCUT2D eigenvalue weighted by Gasteiger charge is 2.33. The molecule has 2 aliphatic rings. The lowest BCUT2D eigenvalue weighted by Crippen LogP contribution is -2.41. The molecule has 0 aliphatic heterocycles. The van der Waals surface area contributed by atoms with Crippen molar-refractivity contribution in [1.82, 2.24) is 0 Å². The van der Waals surface area contributed by atoms with Crippen LogP contribution < -0.4 is 15.3 Å². The van der Waals surface area contributed by atoms with E-state index in [9.17, 15) is 15.3 Å². The van der Waals surface area contributed by atoms with Gasteiger partial charge in [0.1, 0.15) is 0 Å². The number of rotatable bonds is 8. The standard InChI is InChI=1S/C58H41NO3/c1-2-36-34-52(57(61)58(62)56(36)60)42-20-18-39(19-21-42)38-14-16-41(17-15-38)45-24-25-47-33-50(31-28-46(47)32-45)59(49-29-26-40(27-30-49)37-8-4-3-5-9-37)53-35-48-12-6-10-43-22-23-44-11-7-13-51(53)55(44)54(43)48/h2-35,51,53,60-62H,1H2. The van der Waals surface area contributed by atoms with Crippen molar-refractivity contribution < 1.29 is 15.3 Å². The van der Waals surface area contributed by atoms with Crippen LogP contribution in [0.1, 0.15) is 17.0 Å². The van der Waals surface area contributed by atoms with E-state index in [2.05, 4.69) is 181 Å². The summed E-state index contributed by atoms with van der Waals surface area (Å²) in [6, 6.07) is 62.4. The summed E-state index contributed by atoms with van der Waals surface area (Å²) in [4.78, 5) is 2.53. The van der Waals surface area contributed by atoms with Crippen LogP contribution in [-0.4, -0.2) is 21.4 Å². The molecule has 0 aromatic heterocycles. The second-order valence-corrected chi connectivity index (χ2v) is 16.2. The number of hydrogen-bond acceptors (Lipinski definition) is 4. The first kappa shape index (κ1) is 37.0. The highest BCUT2D eigenvalue weighted by Crippen LogP contribution is 2.46. The Morgan fingerprint density at radius 3 is 1.79 bits per heavy atom. The van der Waals surface area contributed by atoms with Crippen molar-refractivity contribution in [2.75, 3.05) is 4.90 Å². The van der Waals surface area contributed by atoms with E-state index in [0.29, 0.717) is 16.7 Å². The minimum Gasteiger partial charge on any atom is -0.504 e. The van der Waals surface area contributed by atoms with Gasteiger partial charge < -0.3 is 20.2 Å². The second kappa shape index (κ2) is 14.9. The van der Waals surface area contributed by atoms with E-state index in [-0.39, 0.29) is 23.5 Å². The molecular weight excluding hydrogens is 759 g/mol. The van der Waals surface area contributed by atoms with E-state index >= 15 is 0 Å². The summed E-state index contributed by atoms with van der Waals surface area (Å²) in [5.41, 5.74) is 11.9. The summed E-state index contributed by atoms with van der Waals surface area (Å²) in [5.74, 6) is -1.14. The van der Waals surface area contributed by atoms with E-state index in [0.717, 1.165) is 33.6 Å². The molecule has 11 rings (SSSR count). The Bertz CT molecular complexity index is 3390. The van der Waals surface area contributed by atoms with Crippen molar-refractivity contribution in [3.05, 3.63) is 216 Å². The Morgan fingerprint density at radius 2 is 1.06 bits per heavy atom. The number of anilines is 2. The van der Waals surface area contributed by atoms with Crippen molar-refractivity contribution >= 4 is 51.1 Å². The summed E-state index contributed by atoms with van der Waals surface area (Å²) in [6.07, 6.45) is 10.8. The predicted molar refractivity (Wildman–Crippen MR) is 257 cm³/mol. The lowest BCUT2D eigenvalue weighted by molar-refractivity contribution is 0.368. The molecule has 0 amide bonds. The molecular formula is C58H41NO3. The van der Waals surface area contributed by atoms with Crippen LogP contribution in [0.4, 0.5) is 11.4 Å². The number of benzene rings is 9. The number of phenols is 3. The molecule has 2 unspecified atom stereocenters. The molecule has 9 aromatic carbocycles. The van der Waals surface area contributed by atoms with Crippen molar-refractivity contribution in [3.63, 3.8) is 0 Å². The summed E-state index contributed by atoms with van der Waals surface area (Å²) in [6.45, 7) is 3.70. The fraction of sp³-hybridized carbons (Fsp3) is 0.0345. The predicted octanol–water partition coefficient (Wildman–Crippen LogP) is 12.9. The van der Waals surface area contributed by atoms with Crippen LogP contribution in [0.15, 0.2) is 195 Å². The fourth-order valence-electron chi connectivity index (χ4n) is 9.52. The highest BCUT2D eigenvalue weighted by molar-refractivity contribution is 5.94. The molecule has 2 atom stereocenters. The smallest absolute Gasteiger partial charge is 0.201 e. The lowest BCUT2D eigenvalue weighted by Gasteiger charge is -2.39. The molecule has 296 valence electrons. The molecule has 0 saturated heterocycles. The zero-order chi connectivity index (χ0) is 41.9. The average Bonchev–Trinajstić information content (AvgIpc) is 3.33. The second-order valence-electron chi connectivity index (χ2n) is 16.2. The summed E-state index contributed by atoms with van der Waals surface area (Å²) < 4.78 is 0. The Hall–Kier alpha value is -8.08. The van der Waals surface area contributed by atoms with Gasteiger partial charge in [-0.1, -0.05) is 176 Å². The van der Waals surface area contributed by atoms with Gasteiger partial charge in [-0.25, -0.2) is 0 Å². The van der Waals surface area contributed by atoms with E-state index in [1.54, 1.807) is 6.07 Å². The third kappa shape index (κ3) is 6.24. The number of allylic oxidation sites excluding steroid dienone is 1. The Morgan fingerprint density at radius 1 is 0.468 bits per heavy atom. The van der Waals surface area contributed by atoms with Gasteiger partial charge in [-0.05, 0) is 113 Å². The van der Waals surface area contributed by atoms with Crippen LogP contribution in [0.25, 0.3) is 84.3 Å². The molecule has 0 saturated carbocycles. The molecule has 0 radical (unpaired) electrons. The van der Waals surface area contributed by atoms with Crippen LogP contribution >= 0.6 is 0 Å². The maximum atomic E-state index is 10.6. The van der Waals surface area contributed by atoms with Crippen molar-refractivity contribution in [2.24, 2.45) is 0 Å². The maximum Gasteiger partial charge on any atom is 0.201 e. The zero-order valence-corrected chi connectivity index (χ0v) is 33.8. The molecule has 2 aliphatic carbocycles. The normalized spacial score (nSPS) is 14.9. The van der Waals surface area contributed by atoms with Gasteiger partial charge in [-0.3, -0.25) is 0 Å². The van der Waals surface area contributed by atoms with Gasteiger partial charge in [0.2, 0.25) is 5.75 Å². The van der Waals surface area contributed by atoms with Gasteiger partial charge in [-0.15, -0.1) is 0 Å². The van der Waals surface area contributed by atoms with E-state index < -0.39 is 5.75 Å². The summed E-state index contributed by atoms with van der Waals surface area (Å²) in [5, 5.41) is 38.5. The number of phenolic OH excluding ortho intramolecular Hbond substituents is 3. The van der Waals surface area contributed by atoms with Crippen LogP contribution in [0.5, 0.6) is 17.2 Å². The van der Waals surface area contributed by atoms with E-state index in [1.807, 2.05) is 24.3 Å². The van der Waals surface area contributed by atoms with Gasteiger partial charge in [-0.2, -0.15) is 0 Å². The third-order valence-electron chi connectivity index (χ3n) is 12.7. The third-order valence-corrected chi connectivity index (χ3v) is 12.7. The van der Waals surface area contributed by atoms with Gasteiger partial charge in [0.05, 0.1) is 6.04 Å². The Balaban J connectivity index is 0.927. The van der Waals surface area contributed by atoms with Crippen molar-refractivity contribution in [3.8, 4) is 61.8 Å². The molecule has 9 aromatic rings. The van der Waals surface area contributed by atoms with Gasteiger partial charge in [0.25, 0.3) is 0 Å². The quantitative estimate of drug-likeness (QED) is 0.134. The first-order valence-corrected chi connectivity index (χ1v) is 20.9. The number of hydrogen-bond donors (Lipinski definition) is 3. The number of aromatic hydroxyl groups is 3. The summed E-state index contributed by atoms with van der Waals surface area (Å²) in [7, 11) is 0. The van der Waals surface area contributed by atoms with E-state index in [4.69, 9.17) is 0 Å². The van der Waals surface area contributed by atoms with Crippen molar-refractivity contribution in [1.29, 1.82) is 0 Å². The molecule has 62 heavy (non-hydrogen) atoms. The minimum absolute atomic E-state index is 0.0479. The SMILES string of the molecule is C=Cc1cc(-c2ccc(-c3ccc(-c4ccc5cc(N(c6ccc(-c7ccccc7)cc6)C6C=c7cccc8ccc9c(c78)C6C=CC=9)ccc5c4)cc3)cc2)c(O)c(O)c1O. The molecule has 3 N–H and O–H groups in total. The monoisotopic (exact) mass is 799 g/mol. The summed E-state index contributed by atoms with van der Waals surface area (Å²) >= 11 is 0. The topological polar surface area (TPSA) is 63.9 Å². The molecule has 0 heterocycles. The van der Waals surface area contributed by atoms with Crippen LogP contribution in [0.3, 0.4) is 0 Å². The van der Waals surface area contributed by atoms with Gasteiger partial charge in [0.15, 0.2) is 11.5 Å². The maximum absolute atomic E-state index is 10.6. The van der Waals surface area contributed by atoms with Gasteiger partial charge in [0, 0.05) is 28.4 Å². The minimum atomic E-state index is -0.556. The first-order valence-electron chi connectivity index (χ1n) is 20.9. The molecule has 0 spiro atoms. The Kier molecular flexibility index (Phi) is 8.87. The molecule has 4 nitrogen and oxygen atoms in total. The first-order chi connectivity index (χ1) is 30.4. The number of fused-ring (bicyclic) bond motifs is 1. The lowest BCUT2D eigenvalue weighted by atomic mass is 9.78. The van der Waals surface area contributed by atoms with Crippen LogP contribution in [-0.2, 0) is 0 Å². The van der Waals surface area contributed by atoms with Crippen LogP contribution in [0, 0.1) is 0 Å². The van der Waals surface area contributed by atoms with Crippen LogP contribution in [0.2, 0.25) is 0 Å². The average molecular weight is 800 g/mol.